The molecular formula is C20H24O5. The first-order valence-corrected chi connectivity index (χ1v) is 8.33. The van der Waals surface area contributed by atoms with Crippen LogP contribution in [-0.2, 0) is 6.42 Å². The van der Waals surface area contributed by atoms with Gasteiger partial charge in [0.25, 0.3) is 0 Å². The molecule has 5 nitrogen and oxygen atoms in total. The maximum absolute atomic E-state index is 9.88. The second-order valence-electron chi connectivity index (χ2n) is 6.38. The lowest BCUT2D eigenvalue weighted by Gasteiger charge is -2.32. The lowest BCUT2D eigenvalue weighted by atomic mass is 9.74. The molecule has 2 N–H and O–H groups in total. The largest absolute Gasteiger partial charge is 0.504 e. The molecule has 0 heterocycles. The Labute approximate surface area is 147 Å². The summed E-state index contributed by atoms with van der Waals surface area (Å²) in [4.78, 5) is 0. The maximum atomic E-state index is 9.88. The normalized spacial score (nSPS) is 19.2. The van der Waals surface area contributed by atoms with Crippen molar-refractivity contribution in [2.45, 2.75) is 18.8 Å². The van der Waals surface area contributed by atoms with Crippen molar-refractivity contribution in [3.05, 3.63) is 47.0 Å². The smallest absolute Gasteiger partial charge is 0.161 e. The van der Waals surface area contributed by atoms with E-state index in [0.29, 0.717) is 17.2 Å². The number of aromatic hydroxyl groups is 1. The zero-order chi connectivity index (χ0) is 18.0. The van der Waals surface area contributed by atoms with E-state index in [1.54, 1.807) is 20.3 Å². The van der Waals surface area contributed by atoms with E-state index in [9.17, 15) is 10.2 Å². The van der Waals surface area contributed by atoms with Crippen molar-refractivity contribution in [1.82, 2.24) is 0 Å². The second-order valence-corrected chi connectivity index (χ2v) is 6.38. The summed E-state index contributed by atoms with van der Waals surface area (Å²) < 4.78 is 16.1. The molecule has 2 atom stereocenters. The second kappa shape index (κ2) is 7.23. The highest BCUT2D eigenvalue weighted by Crippen LogP contribution is 2.45. The van der Waals surface area contributed by atoms with Gasteiger partial charge in [0.1, 0.15) is 0 Å². The van der Waals surface area contributed by atoms with Crippen LogP contribution in [0.5, 0.6) is 23.0 Å². The first-order chi connectivity index (χ1) is 12.1. The number of hydrogen-bond donors (Lipinski definition) is 2. The van der Waals surface area contributed by atoms with E-state index in [4.69, 9.17) is 14.2 Å². The van der Waals surface area contributed by atoms with E-state index in [0.717, 1.165) is 29.5 Å². The van der Waals surface area contributed by atoms with Crippen LogP contribution in [-0.4, -0.2) is 38.1 Å². The molecule has 3 rings (SSSR count). The number of hydrogen-bond acceptors (Lipinski definition) is 5. The molecule has 1 unspecified atom stereocenters. The molecule has 0 spiro atoms. The Hall–Kier alpha value is -2.40. The van der Waals surface area contributed by atoms with Crippen molar-refractivity contribution in [2.24, 2.45) is 5.92 Å². The molecule has 0 aliphatic heterocycles. The van der Waals surface area contributed by atoms with Gasteiger partial charge in [-0.3, -0.25) is 0 Å². The number of methoxy groups -OCH3 is 3. The van der Waals surface area contributed by atoms with Crippen LogP contribution in [0, 0.1) is 5.92 Å². The summed E-state index contributed by atoms with van der Waals surface area (Å²) in [7, 11) is 4.79. The third-order valence-electron chi connectivity index (χ3n) is 4.96. The van der Waals surface area contributed by atoms with Crippen molar-refractivity contribution in [3.63, 3.8) is 0 Å². The van der Waals surface area contributed by atoms with E-state index in [2.05, 4.69) is 0 Å². The highest BCUT2D eigenvalue weighted by Gasteiger charge is 2.30. The van der Waals surface area contributed by atoms with E-state index in [1.165, 1.54) is 7.11 Å². The number of ether oxygens (including phenoxy) is 3. The summed E-state index contributed by atoms with van der Waals surface area (Å²) in [5, 5.41) is 19.6. The van der Waals surface area contributed by atoms with Crippen molar-refractivity contribution >= 4 is 0 Å². The van der Waals surface area contributed by atoms with Crippen LogP contribution in [0.2, 0.25) is 0 Å². The zero-order valence-electron chi connectivity index (χ0n) is 14.8. The van der Waals surface area contributed by atoms with E-state index >= 15 is 0 Å². The summed E-state index contributed by atoms with van der Waals surface area (Å²) in [6.45, 7) is 0.138. The van der Waals surface area contributed by atoms with Crippen LogP contribution >= 0.6 is 0 Å². The van der Waals surface area contributed by atoms with Crippen molar-refractivity contribution < 1.29 is 24.4 Å². The van der Waals surface area contributed by atoms with Gasteiger partial charge in [-0.2, -0.15) is 0 Å². The molecule has 0 aromatic heterocycles. The Morgan fingerprint density at radius 1 is 0.960 bits per heavy atom. The zero-order valence-corrected chi connectivity index (χ0v) is 14.8. The number of fused-ring (bicyclic) bond motifs is 1. The molecule has 0 saturated carbocycles. The van der Waals surface area contributed by atoms with Gasteiger partial charge in [0.15, 0.2) is 23.0 Å². The summed E-state index contributed by atoms with van der Waals surface area (Å²) in [5.41, 5.74) is 3.36. The van der Waals surface area contributed by atoms with Gasteiger partial charge in [-0.25, -0.2) is 0 Å². The van der Waals surface area contributed by atoms with Crippen LogP contribution in [0.15, 0.2) is 30.3 Å². The fraction of sp³-hybridized carbons (Fsp3) is 0.400. The third kappa shape index (κ3) is 3.24. The molecule has 0 bridgehead atoms. The molecular weight excluding hydrogens is 320 g/mol. The Balaban J connectivity index is 2.11. The summed E-state index contributed by atoms with van der Waals surface area (Å²) in [5.74, 6) is 2.23. The van der Waals surface area contributed by atoms with Crippen molar-refractivity contribution in [3.8, 4) is 23.0 Å². The van der Waals surface area contributed by atoms with E-state index in [1.807, 2.05) is 24.3 Å². The van der Waals surface area contributed by atoms with Crippen molar-refractivity contribution in [1.29, 1.82) is 0 Å². The summed E-state index contributed by atoms with van der Waals surface area (Å²) >= 11 is 0. The highest BCUT2D eigenvalue weighted by atomic mass is 16.5. The number of benzene rings is 2. The number of rotatable bonds is 5. The van der Waals surface area contributed by atoms with Crippen molar-refractivity contribution in [2.75, 3.05) is 27.9 Å². The first-order valence-electron chi connectivity index (χ1n) is 8.33. The average molecular weight is 344 g/mol. The van der Waals surface area contributed by atoms with Crippen LogP contribution in [0.25, 0.3) is 0 Å². The topological polar surface area (TPSA) is 68.2 Å². The Morgan fingerprint density at radius 3 is 2.28 bits per heavy atom. The molecule has 0 radical (unpaired) electrons. The van der Waals surface area contributed by atoms with Gasteiger partial charge in [0.2, 0.25) is 0 Å². The molecule has 134 valence electrons. The monoisotopic (exact) mass is 344 g/mol. The fourth-order valence-corrected chi connectivity index (χ4v) is 3.66. The Morgan fingerprint density at radius 2 is 1.64 bits per heavy atom. The highest BCUT2D eigenvalue weighted by molar-refractivity contribution is 5.53. The van der Waals surface area contributed by atoms with Crippen LogP contribution in [0.4, 0.5) is 0 Å². The van der Waals surface area contributed by atoms with E-state index in [-0.39, 0.29) is 24.2 Å². The lowest BCUT2D eigenvalue weighted by Crippen LogP contribution is -2.22. The molecule has 5 heteroatoms. The van der Waals surface area contributed by atoms with Gasteiger partial charge < -0.3 is 24.4 Å². The number of aliphatic hydroxyl groups excluding tert-OH is 1. The Kier molecular flexibility index (Phi) is 5.04. The van der Waals surface area contributed by atoms with Gasteiger partial charge in [-0.05, 0) is 59.7 Å². The first kappa shape index (κ1) is 17.4. The van der Waals surface area contributed by atoms with Gasteiger partial charge in [0, 0.05) is 12.5 Å². The predicted octanol–water partition coefficient (Wildman–Crippen LogP) is 3.10. The summed E-state index contributed by atoms with van der Waals surface area (Å²) in [6.07, 6.45) is 1.63. The number of aliphatic hydroxyl groups is 1. The predicted molar refractivity (Wildman–Crippen MR) is 94.9 cm³/mol. The summed E-state index contributed by atoms with van der Waals surface area (Å²) in [6, 6.07) is 9.44. The van der Waals surface area contributed by atoms with Gasteiger partial charge in [-0.15, -0.1) is 0 Å². The number of phenols is 1. The fourth-order valence-electron chi connectivity index (χ4n) is 3.66. The minimum absolute atomic E-state index is 0.0928. The maximum Gasteiger partial charge on any atom is 0.161 e. The van der Waals surface area contributed by atoms with Gasteiger partial charge >= 0.3 is 0 Å². The number of phenolic OH excluding ortho intramolecular Hbond substituents is 1. The van der Waals surface area contributed by atoms with E-state index < -0.39 is 0 Å². The molecule has 25 heavy (non-hydrogen) atoms. The van der Waals surface area contributed by atoms with Crippen LogP contribution in [0.3, 0.4) is 0 Å². The standard InChI is InChI=1S/C20H24O5/c1-23-18-8-13(4-5-17(18)22)15-7-12(11-21)6-14-9-19(24-2)20(25-3)10-16(14)15/h4-5,8-10,12,15,21-22H,6-7,11H2,1-3H3/t12-,15?/m0/s1. The van der Waals surface area contributed by atoms with Crippen LogP contribution < -0.4 is 14.2 Å². The lowest BCUT2D eigenvalue weighted by molar-refractivity contribution is 0.207. The van der Waals surface area contributed by atoms with Crippen LogP contribution in [0.1, 0.15) is 29.0 Å². The molecule has 1 aliphatic carbocycles. The molecule has 0 saturated heterocycles. The molecule has 2 aromatic carbocycles. The SMILES string of the molecule is COc1cc(C2C[C@@H](CO)Cc3cc(OC)c(OC)cc32)ccc1O. The van der Waals surface area contributed by atoms with Gasteiger partial charge in [-0.1, -0.05) is 6.07 Å². The molecule has 0 amide bonds. The minimum Gasteiger partial charge on any atom is -0.504 e. The average Bonchev–Trinajstić information content (AvgIpc) is 2.66. The Bertz CT molecular complexity index is 756. The quantitative estimate of drug-likeness (QED) is 0.872. The minimum atomic E-state index is 0.0928. The molecule has 2 aromatic rings. The molecule has 0 fully saturated rings. The molecule has 1 aliphatic rings. The third-order valence-corrected chi connectivity index (χ3v) is 4.96. The van der Waals surface area contributed by atoms with Gasteiger partial charge in [0.05, 0.1) is 21.3 Å².